The minimum Gasteiger partial charge on any atom is -0.480 e. The number of aliphatic carboxylic acids is 1. The molecule has 2 amide bonds. The third-order valence-corrected chi connectivity index (χ3v) is 5.53. The molecule has 2 aliphatic rings. The van der Waals surface area contributed by atoms with Crippen molar-refractivity contribution in [3.8, 4) is 0 Å². The summed E-state index contributed by atoms with van der Waals surface area (Å²) in [5, 5.41) is 12.3. The average Bonchev–Trinajstić information content (AvgIpc) is 3.02. The standard InChI is InChI=1S/C20H26N2O4/c23-18(12-14-6-2-1-3-7-14)21-11-10-19(24)22-16-9-5-4-8-15(16)13-17(22)20(25)26/h1-3,6-7,15-17H,4-5,8-13H2,(H,21,23)(H,25,26). The number of nitrogens with zero attached hydrogens (tertiary/aromatic N) is 1. The SMILES string of the molecule is O=C(Cc1ccccc1)NCCC(=O)N1C(C(=O)O)CC2CCCCC21. The Bertz CT molecular complexity index is 661. The summed E-state index contributed by atoms with van der Waals surface area (Å²) in [4.78, 5) is 37.8. The highest BCUT2D eigenvalue weighted by Gasteiger charge is 2.47. The molecule has 0 radical (unpaired) electrons. The molecule has 3 rings (SSSR count). The molecule has 26 heavy (non-hydrogen) atoms. The maximum absolute atomic E-state index is 12.7. The number of likely N-dealkylation sites (tertiary alicyclic amines) is 1. The third kappa shape index (κ3) is 4.23. The zero-order valence-corrected chi connectivity index (χ0v) is 14.9. The second-order valence-electron chi connectivity index (χ2n) is 7.26. The van der Waals surface area contributed by atoms with Crippen LogP contribution in [-0.2, 0) is 20.8 Å². The first-order valence-electron chi connectivity index (χ1n) is 9.41. The van der Waals surface area contributed by atoms with E-state index in [1.807, 2.05) is 30.3 Å². The molecule has 6 heteroatoms. The molecule has 0 spiro atoms. The summed E-state index contributed by atoms with van der Waals surface area (Å²) in [6.45, 7) is 0.241. The van der Waals surface area contributed by atoms with Gasteiger partial charge in [0.05, 0.1) is 6.42 Å². The molecule has 0 aromatic heterocycles. The lowest BCUT2D eigenvalue weighted by atomic mass is 9.84. The maximum Gasteiger partial charge on any atom is 0.326 e. The Morgan fingerprint density at radius 3 is 2.58 bits per heavy atom. The Balaban J connectivity index is 1.51. The highest BCUT2D eigenvalue weighted by Crippen LogP contribution is 2.40. The van der Waals surface area contributed by atoms with E-state index in [2.05, 4.69) is 5.32 Å². The van der Waals surface area contributed by atoms with Crippen LogP contribution in [-0.4, -0.2) is 46.4 Å². The van der Waals surface area contributed by atoms with Crippen LogP contribution in [0.2, 0.25) is 0 Å². The van der Waals surface area contributed by atoms with Gasteiger partial charge >= 0.3 is 5.97 Å². The van der Waals surface area contributed by atoms with Gasteiger partial charge in [-0.15, -0.1) is 0 Å². The average molecular weight is 358 g/mol. The fourth-order valence-corrected chi connectivity index (χ4v) is 4.32. The molecule has 6 nitrogen and oxygen atoms in total. The zero-order valence-electron chi connectivity index (χ0n) is 14.9. The second kappa shape index (κ2) is 8.34. The van der Waals surface area contributed by atoms with Crippen molar-refractivity contribution in [1.82, 2.24) is 10.2 Å². The first kappa shape index (κ1) is 18.4. The van der Waals surface area contributed by atoms with Crippen molar-refractivity contribution in [2.24, 2.45) is 5.92 Å². The number of carboxylic acids is 1. The van der Waals surface area contributed by atoms with Crippen LogP contribution in [0.3, 0.4) is 0 Å². The van der Waals surface area contributed by atoms with Crippen molar-refractivity contribution in [3.63, 3.8) is 0 Å². The molecule has 1 aromatic rings. The van der Waals surface area contributed by atoms with Crippen LogP contribution in [0.5, 0.6) is 0 Å². The zero-order chi connectivity index (χ0) is 18.5. The summed E-state index contributed by atoms with van der Waals surface area (Å²) in [6.07, 6.45) is 5.05. The number of fused-ring (bicyclic) bond motifs is 1. The molecule has 3 unspecified atom stereocenters. The maximum atomic E-state index is 12.7. The Morgan fingerprint density at radius 1 is 1.12 bits per heavy atom. The Labute approximate surface area is 153 Å². The van der Waals surface area contributed by atoms with E-state index in [4.69, 9.17) is 0 Å². The van der Waals surface area contributed by atoms with Crippen molar-refractivity contribution in [2.45, 2.75) is 57.0 Å². The molecule has 2 N–H and O–H groups in total. The normalized spacial score (nSPS) is 24.8. The van der Waals surface area contributed by atoms with Crippen molar-refractivity contribution in [1.29, 1.82) is 0 Å². The summed E-state index contributed by atoms with van der Waals surface area (Å²) in [7, 11) is 0. The highest BCUT2D eigenvalue weighted by molar-refractivity contribution is 5.85. The van der Waals surface area contributed by atoms with Gasteiger partial charge in [0.2, 0.25) is 11.8 Å². The van der Waals surface area contributed by atoms with E-state index in [0.29, 0.717) is 12.3 Å². The largest absolute Gasteiger partial charge is 0.480 e. The number of carbonyl (C=O) groups excluding carboxylic acids is 2. The lowest BCUT2D eigenvalue weighted by Gasteiger charge is -2.33. The third-order valence-electron chi connectivity index (χ3n) is 5.53. The number of amides is 2. The smallest absolute Gasteiger partial charge is 0.326 e. The Hall–Kier alpha value is -2.37. The molecule has 1 saturated carbocycles. The first-order valence-corrected chi connectivity index (χ1v) is 9.41. The molecule has 1 aromatic carbocycles. The molecule has 2 fully saturated rings. The number of nitrogens with one attached hydrogen (secondary N) is 1. The van der Waals surface area contributed by atoms with E-state index in [1.54, 1.807) is 4.90 Å². The first-order chi connectivity index (χ1) is 12.6. The van der Waals surface area contributed by atoms with Crippen LogP contribution in [0.15, 0.2) is 30.3 Å². The summed E-state index contributed by atoms with van der Waals surface area (Å²) in [6, 6.07) is 8.77. The van der Waals surface area contributed by atoms with Crippen LogP contribution < -0.4 is 5.32 Å². The molecular weight excluding hydrogens is 332 g/mol. The molecule has 1 saturated heterocycles. The quantitative estimate of drug-likeness (QED) is 0.814. The molecule has 3 atom stereocenters. The summed E-state index contributed by atoms with van der Waals surface area (Å²) in [5.74, 6) is -0.898. The van der Waals surface area contributed by atoms with E-state index < -0.39 is 12.0 Å². The number of benzene rings is 1. The lowest BCUT2D eigenvalue weighted by Crippen LogP contribution is -2.47. The van der Waals surface area contributed by atoms with Crippen LogP contribution in [0.25, 0.3) is 0 Å². The van der Waals surface area contributed by atoms with Crippen LogP contribution >= 0.6 is 0 Å². The molecule has 1 aliphatic carbocycles. The van der Waals surface area contributed by atoms with Crippen molar-refractivity contribution in [2.75, 3.05) is 6.54 Å². The molecule has 140 valence electrons. The summed E-state index contributed by atoms with van der Waals surface area (Å²) in [5.41, 5.74) is 0.923. The molecule has 1 aliphatic heterocycles. The van der Waals surface area contributed by atoms with Gasteiger partial charge in [0.1, 0.15) is 6.04 Å². The minimum absolute atomic E-state index is 0.0531. The highest BCUT2D eigenvalue weighted by atomic mass is 16.4. The molecule has 1 heterocycles. The van der Waals surface area contributed by atoms with Crippen molar-refractivity contribution >= 4 is 17.8 Å². The number of carbonyl (C=O) groups is 3. The molecule has 0 bridgehead atoms. The van der Waals surface area contributed by atoms with Gasteiger partial charge in [-0.1, -0.05) is 43.2 Å². The summed E-state index contributed by atoms with van der Waals surface area (Å²) >= 11 is 0. The van der Waals surface area contributed by atoms with Crippen molar-refractivity contribution < 1.29 is 19.5 Å². The second-order valence-corrected chi connectivity index (χ2v) is 7.26. The number of rotatable bonds is 6. The van der Waals surface area contributed by atoms with E-state index in [9.17, 15) is 19.5 Å². The van der Waals surface area contributed by atoms with Gasteiger partial charge in [0.25, 0.3) is 0 Å². The van der Waals surface area contributed by atoms with Gasteiger partial charge < -0.3 is 15.3 Å². The van der Waals surface area contributed by atoms with Gasteiger partial charge in [-0.25, -0.2) is 4.79 Å². The van der Waals surface area contributed by atoms with E-state index in [0.717, 1.165) is 31.2 Å². The van der Waals surface area contributed by atoms with Crippen LogP contribution in [0.1, 0.15) is 44.1 Å². The fraction of sp³-hybridized carbons (Fsp3) is 0.550. The van der Waals surface area contributed by atoms with Gasteiger partial charge in [-0.2, -0.15) is 0 Å². The number of carboxylic acid groups (broad SMARTS) is 1. The predicted molar refractivity (Wildman–Crippen MR) is 96.4 cm³/mol. The van der Waals surface area contributed by atoms with Crippen LogP contribution in [0.4, 0.5) is 0 Å². The van der Waals surface area contributed by atoms with Gasteiger partial charge in [-0.3, -0.25) is 9.59 Å². The summed E-state index contributed by atoms with van der Waals surface area (Å²) < 4.78 is 0. The van der Waals surface area contributed by atoms with E-state index in [-0.39, 0.29) is 37.2 Å². The fourth-order valence-electron chi connectivity index (χ4n) is 4.32. The van der Waals surface area contributed by atoms with Crippen molar-refractivity contribution in [3.05, 3.63) is 35.9 Å². The van der Waals surface area contributed by atoms with Gasteiger partial charge in [0, 0.05) is 19.0 Å². The van der Waals surface area contributed by atoms with Gasteiger partial charge in [0.15, 0.2) is 0 Å². The van der Waals surface area contributed by atoms with Crippen LogP contribution in [0, 0.1) is 5.92 Å². The monoisotopic (exact) mass is 358 g/mol. The van der Waals surface area contributed by atoms with E-state index >= 15 is 0 Å². The topological polar surface area (TPSA) is 86.7 Å². The van der Waals surface area contributed by atoms with E-state index in [1.165, 1.54) is 0 Å². The predicted octanol–water partition coefficient (Wildman–Crippen LogP) is 1.98. The van der Waals surface area contributed by atoms with Gasteiger partial charge in [-0.05, 0) is 30.7 Å². The Morgan fingerprint density at radius 2 is 1.85 bits per heavy atom. The molecular formula is C20H26N2O4. The Kier molecular flexibility index (Phi) is 5.91. The number of hydrogen-bond acceptors (Lipinski definition) is 3. The number of hydrogen-bond donors (Lipinski definition) is 2. The minimum atomic E-state index is -0.916. The lowest BCUT2D eigenvalue weighted by molar-refractivity contribution is -0.149.